The Morgan fingerprint density at radius 1 is 0.939 bits per heavy atom. The van der Waals surface area contributed by atoms with E-state index in [2.05, 4.69) is 5.32 Å². The molecule has 0 unspecified atom stereocenters. The first-order chi connectivity index (χ1) is 15.8. The monoisotopic (exact) mass is 461 g/mol. The van der Waals surface area contributed by atoms with E-state index in [0.717, 1.165) is 11.3 Å². The molecule has 0 fully saturated rings. The lowest BCUT2D eigenvalue weighted by Gasteiger charge is -2.19. The molecule has 33 heavy (non-hydrogen) atoms. The molecule has 3 aromatic rings. The molecule has 1 aliphatic rings. The van der Waals surface area contributed by atoms with E-state index in [1.54, 1.807) is 36.4 Å². The quantitative estimate of drug-likeness (QED) is 0.516. The number of nitrogens with zero attached hydrogens (tertiary/aromatic N) is 2. The molecule has 2 amide bonds. The Morgan fingerprint density at radius 2 is 1.70 bits per heavy atom. The number of halogens is 1. The van der Waals surface area contributed by atoms with Gasteiger partial charge in [-0.25, -0.2) is 4.90 Å². The highest BCUT2D eigenvalue weighted by Crippen LogP contribution is 2.38. The summed E-state index contributed by atoms with van der Waals surface area (Å²) in [6.07, 6.45) is 0. The van der Waals surface area contributed by atoms with Crippen molar-refractivity contribution in [2.24, 2.45) is 0 Å². The Labute approximate surface area is 198 Å². The second kappa shape index (κ2) is 9.00. The Bertz CT molecular complexity index is 1280. The third kappa shape index (κ3) is 4.17. The van der Waals surface area contributed by atoms with Crippen LogP contribution in [0, 0.1) is 6.92 Å². The van der Waals surface area contributed by atoms with Gasteiger partial charge in [-0.3, -0.25) is 9.59 Å². The minimum Gasteiger partial charge on any atom is -0.496 e. The number of hydrogen-bond acceptors (Lipinski definition) is 5. The highest BCUT2D eigenvalue weighted by atomic mass is 35.5. The van der Waals surface area contributed by atoms with E-state index in [1.807, 2.05) is 56.3 Å². The van der Waals surface area contributed by atoms with Crippen LogP contribution in [0.3, 0.4) is 0 Å². The summed E-state index contributed by atoms with van der Waals surface area (Å²) in [5.41, 5.74) is 3.85. The molecule has 6 nitrogen and oxygen atoms in total. The van der Waals surface area contributed by atoms with Crippen LogP contribution in [0.1, 0.15) is 11.1 Å². The van der Waals surface area contributed by atoms with Gasteiger partial charge in [-0.15, -0.1) is 0 Å². The Morgan fingerprint density at radius 3 is 2.42 bits per heavy atom. The SMILES string of the molecule is COc1ccccc1C1=C(Nc2cc(Cl)ccc2C)C(=O)N(c2cccc(N(C)C)c2)C1=O. The first-order valence-electron chi connectivity index (χ1n) is 10.4. The number of carbonyl (C=O) groups excluding carboxylic acids is 2. The summed E-state index contributed by atoms with van der Waals surface area (Å²) in [4.78, 5) is 30.5. The molecule has 1 heterocycles. The maximum absolute atomic E-state index is 13.7. The van der Waals surface area contributed by atoms with Crippen molar-refractivity contribution < 1.29 is 14.3 Å². The number of nitrogens with one attached hydrogen (secondary N) is 1. The molecule has 0 spiro atoms. The molecule has 0 saturated heterocycles. The van der Waals surface area contributed by atoms with Crippen LogP contribution in [0.4, 0.5) is 17.1 Å². The van der Waals surface area contributed by atoms with E-state index >= 15 is 0 Å². The summed E-state index contributed by atoms with van der Waals surface area (Å²) in [5.74, 6) is -0.376. The third-order valence-corrected chi connectivity index (χ3v) is 5.76. The number of hydrogen-bond donors (Lipinski definition) is 1. The lowest BCUT2D eigenvalue weighted by Crippen LogP contribution is -2.32. The fourth-order valence-electron chi connectivity index (χ4n) is 3.76. The van der Waals surface area contributed by atoms with Gasteiger partial charge >= 0.3 is 0 Å². The fourth-order valence-corrected chi connectivity index (χ4v) is 3.93. The van der Waals surface area contributed by atoms with E-state index in [-0.39, 0.29) is 11.3 Å². The van der Waals surface area contributed by atoms with Gasteiger partial charge in [0.05, 0.1) is 18.4 Å². The first-order valence-corrected chi connectivity index (χ1v) is 10.8. The molecule has 168 valence electrons. The lowest BCUT2D eigenvalue weighted by molar-refractivity contribution is -0.120. The van der Waals surface area contributed by atoms with Gasteiger partial charge in [-0.05, 0) is 48.9 Å². The van der Waals surface area contributed by atoms with Crippen LogP contribution < -0.4 is 19.9 Å². The summed E-state index contributed by atoms with van der Waals surface area (Å²) >= 11 is 6.20. The van der Waals surface area contributed by atoms with Gasteiger partial charge < -0.3 is 15.0 Å². The largest absolute Gasteiger partial charge is 0.496 e. The van der Waals surface area contributed by atoms with Crippen LogP contribution in [0.2, 0.25) is 5.02 Å². The molecule has 7 heteroatoms. The number of amides is 2. The number of ether oxygens (including phenoxy) is 1. The van der Waals surface area contributed by atoms with Gasteiger partial charge in [0.2, 0.25) is 0 Å². The van der Waals surface area contributed by atoms with E-state index in [4.69, 9.17) is 16.3 Å². The standard InChI is InChI=1S/C26H24ClN3O3/c1-16-12-13-17(27)14-21(16)28-24-23(20-10-5-6-11-22(20)33-4)25(31)30(26(24)32)19-9-7-8-18(15-19)29(2)3/h5-15,28H,1-4H3. The minimum atomic E-state index is -0.448. The van der Waals surface area contributed by atoms with Gasteiger partial charge in [0.25, 0.3) is 11.8 Å². The smallest absolute Gasteiger partial charge is 0.282 e. The Hall–Kier alpha value is -3.77. The molecule has 0 atom stereocenters. The number of benzene rings is 3. The fraction of sp³-hybridized carbons (Fsp3) is 0.154. The molecule has 4 rings (SSSR count). The van der Waals surface area contributed by atoms with Crippen molar-refractivity contribution in [3.63, 3.8) is 0 Å². The second-order valence-corrected chi connectivity index (χ2v) is 8.33. The lowest BCUT2D eigenvalue weighted by atomic mass is 10.0. The summed E-state index contributed by atoms with van der Waals surface area (Å²) in [5, 5.41) is 3.71. The highest BCUT2D eigenvalue weighted by Gasteiger charge is 2.41. The minimum absolute atomic E-state index is 0.171. The summed E-state index contributed by atoms with van der Waals surface area (Å²) in [6, 6.07) is 19.8. The number of aryl methyl sites for hydroxylation is 1. The zero-order valence-electron chi connectivity index (χ0n) is 18.8. The molecule has 1 aliphatic heterocycles. The molecule has 0 aromatic heterocycles. The van der Waals surface area contributed by atoms with Crippen LogP contribution >= 0.6 is 11.6 Å². The average molecular weight is 462 g/mol. The first kappa shape index (κ1) is 22.4. The van der Waals surface area contributed by atoms with Crippen LogP contribution in [0.5, 0.6) is 5.75 Å². The van der Waals surface area contributed by atoms with Crippen molar-refractivity contribution >= 4 is 46.1 Å². The second-order valence-electron chi connectivity index (χ2n) is 7.89. The predicted octanol–water partition coefficient (Wildman–Crippen LogP) is 5.12. The normalized spacial score (nSPS) is 13.5. The van der Waals surface area contributed by atoms with Crippen molar-refractivity contribution in [2.45, 2.75) is 6.92 Å². The Kier molecular flexibility index (Phi) is 6.11. The summed E-state index contributed by atoms with van der Waals surface area (Å²) < 4.78 is 5.50. The number of imide groups is 1. The number of anilines is 3. The molecule has 0 bridgehead atoms. The van der Waals surface area contributed by atoms with Crippen molar-refractivity contribution in [1.29, 1.82) is 0 Å². The molecule has 0 aliphatic carbocycles. The van der Waals surface area contributed by atoms with E-state index in [9.17, 15) is 9.59 Å². The van der Waals surface area contributed by atoms with Crippen LogP contribution in [0.25, 0.3) is 5.57 Å². The van der Waals surface area contributed by atoms with Crippen molar-refractivity contribution in [1.82, 2.24) is 0 Å². The summed E-state index contributed by atoms with van der Waals surface area (Å²) in [6.45, 7) is 1.90. The third-order valence-electron chi connectivity index (χ3n) is 5.52. The van der Waals surface area contributed by atoms with Crippen LogP contribution in [-0.2, 0) is 9.59 Å². The zero-order chi connectivity index (χ0) is 23.7. The van der Waals surface area contributed by atoms with Crippen LogP contribution in [-0.4, -0.2) is 33.0 Å². The van der Waals surface area contributed by atoms with E-state index < -0.39 is 11.8 Å². The maximum Gasteiger partial charge on any atom is 0.282 e. The van der Waals surface area contributed by atoms with Gasteiger partial charge in [0.1, 0.15) is 11.4 Å². The van der Waals surface area contributed by atoms with Gasteiger partial charge in [0, 0.05) is 36.1 Å². The molecular formula is C26H24ClN3O3. The van der Waals surface area contributed by atoms with Gasteiger partial charge in [0.15, 0.2) is 0 Å². The van der Waals surface area contributed by atoms with Gasteiger partial charge in [-0.2, -0.15) is 0 Å². The van der Waals surface area contributed by atoms with Crippen LogP contribution in [0.15, 0.2) is 72.4 Å². The predicted molar refractivity (Wildman–Crippen MR) is 133 cm³/mol. The number of rotatable bonds is 6. The Balaban J connectivity index is 1.88. The molecule has 0 radical (unpaired) electrons. The van der Waals surface area contributed by atoms with E-state index in [1.165, 1.54) is 12.0 Å². The summed E-state index contributed by atoms with van der Waals surface area (Å²) in [7, 11) is 5.34. The molecule has 3 aromatic carbocycles. The van der Waals surface area contributed by atoms with E-state index in [0.29, 0.717) is 27.7 Å². The topological polar surface area (TPSA) is 61.9 Å². The molecular weight excluding hydrogens is 438 g/mol. The van der Waals surface area contributed by atoms with Crippen molar-refractivity contribution in [3.05, 3.63) is 88.6 Å². The number of methoxy groups -OCH3 is 1. The molecule has 0 saturated carbocycles. The molecule has 1 N–H and O–H groups in total. The van der Waals surface area contributed by atoms with Crippen molar-refractivity contribution in [3.8, 4) is 5.75 Å². The van der Waals surface area contributed by atoms with Gasteiger partial charge in [-0.1, -0.05) is 41.9 Å². The zero-order valence-corrected chi connectivity index (χ0v) is 19.6. The van der Waals surface area contributed by atoms with Crippen molar-refractivity contribution in [2.75, 3.05) is 36.3 Å². The number of para-hydroxylation sites is 1. The average Bonchev–Trinajstić information content (AvgIpc) is 3.05. The highest BCUT2D eigenvalue weighted by molar-refractivity contribution is 6.46. The number of carbonyl (C=O) groups is 2. The maximum atomic E-state index is 13.7.